The third-order valence-electron chi connectivity index (χ3n) is 5.87. The van der Waals surface area contributed by atoms with Crippen LogP contribution in [0.5, 0.6) is 11.5 Å². The number of nitrogens with zero attached hydrogens (tertiary/aromatic N) is 1. The van der Waals surface area contributed by atoms with E-state index in [0.717, 1.165) is 22.2 Å². The lowest BCUT2D eigenvalue weighted by Gasteiger charge is -2.31. The molecule has 2 atom stereocenters. The van der Waals surface area contributed by atoms with Gasteiger partial charge in [0.15, 0.2) is 6.61 Å². The number of benzene rings is 2. The van der Waals surface area contributed by atoms with Crippen molar-refractivity contribution in [2.45, 2.75) is 72.0 Å². The van der Waals surface area contributed by atoms with Crippen LogP contribution in [0.15, 0.2) is 46.9 Å². The van der Waals surface area contributed by atoms with Gasteiger partial charge in [-0.2, -0.15) is 0 Å². The van der Waals surface area contributed by atoms with E-state index in [4.69, 9.17) is 9.47 Å². The minimum absolute atomic E-state index is 0.0335. The second-order valence-corrected chi connectivity index (χ2v) is 9.60. The number of ether oxygens (including phenoxy) is 2. The van der Waals surface area contributed by atoms with Crippen molar-refractivity contribution >= 4 is 27.7 Å². The molecule has 2 aromatic carbocycles. The quantitative estimate of drug-likeness (QED) is 0.381. The Kier molecular flexibility index (Phi) is 10.9. The van der Waals surface area contributed by atoms with Gasteiger partial charge >= 0.3 is 0 Å². The maximum absolute atomic E-state index is 13.4. The molecule has 2 aromatic rings. The Bertz CT molecular complexity index is 946. The standard InChI is InChI=1S/C27H37BrN2O4/c1-7-19(5)29-27(32)24(8-2)30(16-20-9-12-22(33-6)13-10-20)26(31)17-34-25-14-11-21(18(3)4)15-23(25)28/h9-15,18-19,24H,7-8,16-17H2,1-6H3,(H,29,32)/t19-,24+/m1/s1. The van der Waals surface area contributed by atoms with Gasteiger partial charge in [-0.3, -0.25) is 9.59 Å². The molecule has 0 aliphatic rings. The van der Waals surface area contributed by atoms with Crippen LogP contribution in [0.25, 0.3) is 0 Å². The molecule has 0 unspecified atom stereocenters. The summed E-state index contributed by atoms with van der Waals surface area (Å²) in [5.41, 5.74) is 2.09. The zero-order chi connectivity index (χ0) is 25.3. The molecule has 34 heavy (non-hydrogen) atoms. The molecule has 0 saturated heterocycles. The topological polar surface area (TPSA) is 67.9 Å². The van der Waals surface area contributed by atoms with Crippen molar-refractivity contribution in [2.24, 2.45) is 0 Å². The number of halogens is 1. The van der Waals surface area contributed by atoms with E-state index in [2.05, 4.69) is 35.1 Å². The Morgan fingerprint density at radius 3 is 2.24 bits per heavy atom. The molecule has 0 fully saturated rings. The molecule has 0 heterocycles. The minimum atomic E-state index is -0.598. The summed E-state index contributed by atoms with van der Waals surface area (Å²) in [5.74, 6) is 1.32. The minimum Gasteiger partial charge on any atom is -0.497 e. The van der Waals surface area contributed by atoms with E-state index >= 15 is 0 Å². The number of hydrogen-bond donors (Lipinski definition) is 1. The summed E-state index contributed by atoms with van der Waals surface area (Å²) in [6.07, 6.45) is 1.31. The lowest BCUT2D eigenvalue weighted by atomic mass is 10.0. The van der Waals surface area contributed by atoms with E-state index in [1.807, 2.05) is 63.2 Å². The zero-order valence-corrected chi connectivity index (χ0v) is 22.6. The first-order valence-electron chi connectivity index (χ1n) is 11.8. The third-order valence-corrected chi connectivity index (χ3v) is 6.49. The summed E-state index contributed by atoms with van der Waals surface area (Å²) < 4.78 is 11.9. The highest BCUT2D eigenvalue weighted by molar-refractivity contribution is 9.10. The van der Waals surface area contributed by atoms with Crippen LogP contribution in [-0.4, -0.2) is 42.5 Å². The summed E-state index contributed by atoms with van der Waals surface area (Å²) in [7, 11) is 1.61. The number of carbonyl (C=O) groups excluding carboxylic acids is 2. The number of methoxy groups -OCH3 is 1. The van der Waals surface area contributed by atoms with E-state index in [1.54, 1.807) is 12.0 Å². The summed E-state index contributed by atoms with van der Waals surface area (Å²) in [4.78, 5) is 28.0. The Morgan fingerprint density at radius 2 is 1.71 bits per heavy atom. The van der Waals surface area contributed by atoms with Crippen LogP contribution in [0, 0.1) is 0 Å². The maximum Gasteiger partial charge on any atom is 0.261 e. The summed E-state index contributed by atoms with van der Waals surface area (Å²) >= 11 is 3.54. The van der Waals surface area contributed by atoms with Crippen LogP contribution in [0.1, 0.15) is 64.5 Å². The fourth-order valence-corrected chi connectivity index (χ4v) is 4.01. The molecule has 7 heteroatoms. The van der Waals surface area contributed by atoms with Crippen molar-refractivity contribution < 1.29 is 19.1 Å². The van der Waals surface area contributed by atoms with Gasteiger partial charge in [0.1, 0.15) is 17.5 Å². The molecule has 186 valence electrons. The van der Waals surface area contributed by atoms with Crippen molar-refractivity contribution in [3.8, 4) is 11.5 Å². The van der Waals surface area contributed by atoms with Crippen molar-refractivity contribution in [3.63, 3.8) is 0 Å². The second kappa shape index (κ2) is 13.4. The van der Waals surface area contributed by atoms with Gasteiger partial charge in [-0.15, -0.1) is 0 Å². The largest absolute Gasteiger partial charge is 0.497 e. The molecule has 0 radical (unpaired) electrons. The zero-order valence-electron chi connectivity index (χ0n) is 21.1. The average molecular weight is 534 g/mol. The third kappa shape index (κ3) is 7.76. The van der Waals surface area contributed by atoms with E-state index < -0.39 is 6.04 Å². The summed E-state index contributed by atoms with van der Waals surface area (Å²) in [6.45, 7) is 10.3. The van der Waals surface area contributed by atoms with Gasteiger partial charge in [0, 0.05) is 12.6 Å². The first-order chi connectivity index (χ1) is 16.2. The molecule has 6 nitrogen and oxygen atoms in total. The Balaban J connectivity index is 2.23. The highest BCUT2D eigenvalue weighted by Crippen LogP contribution is 2.29. The van der Waals surface area contributed by atoms with Crippen LogP contribution in [-0.2, 0) is 16.1 Å². The van der Waals surface area contributed by atoms with E-state index in [9.17, 15) is 9.59 Å². The molecule has 0 aliphatic carbocycles. The van der Waals surface area contributed by atoms with Crippen LogP contribution >= 0.6 is 15.9 Å². The highest BCUT2D eigenvalue weighted by Gasteiger charge is 2.29. The number of rotatable bonds is 12. The highest BCUT2D eigenvalue weighted by atomic mass is 79.9. The summed E-state index contributed by atoms with van der Waals surface area (Å²) in [5, 5.41) is 3.02. The predicted molar refractivity (Wildman–Crippen MR) is 139 cm³/mol. The van der Waals surface area contributed by atoms with Gasteiger partial charge < -0.3 is 19.7 Å². The Hall–Kier alpha value is -2.54. The lowest BCUT2D eigenvalue weighted by Crippen LogP contribution is -2.51. The molecular weight excluding hydrogens is 496 g/mol. The second-order valence-electron chi connectivity index (χ2n) is 8.74. The first-order valence-corrected chi connectivity index (χ1v) is 12.6. The number of hydrogen-bond acceptors (Lipinski definition) is 4. The molecule has 0 spiro atoms. The van der Waals surface area contributed by atoms with Gasteiger partial charge in [0.2, 0.25) is 5.91 Å². The number of amides is 2. The van der Waals surface area contributed by atoms with Crippen LogP contribution in [0.4, 0.5) is 0 Å². The average Bonchev–Trinajstić information content (AvgIpc) is 2.83. The molecule has 2 rings (SSSR count). The molecule has 0 saturated carbocycles. The van der Waals surface area contributed by atoms with E-state index in [1.165, 1.54) is 5.56 Å². The summed E-state index contributed by atoms with van der Waals surface area (Å²) in [6, 6.07) is 12.8. The molecular formula is C27H37BrN2O4. The van der Waals surface area contributed by atoms with E-state index in [-0.39, 0.29) is 24.5 Å². The van der Waals surface area contributed by atoms with Crippen molar-refractivity contribution in [2.75, 3.05) is 13.7 Å². The SMILES string of the molecule is CC[C@@H](C)NC(=O)[C@H](CC)N(Cc1ccc(OC)cc1)C(=O)COc1ccc(C(C)C)cc1Br. The van der Waals surface area contributed by atoms with Gasteiger partial charge in [-0.05, 0) is 77.0 Å². The monoisotopic (exact) mass is 532 g/mol. The maximum atomic E-state index is 13.4. The van der Waals surface area contributed by atoms with Gasteiger partial charge in [0.05, 0.1) is 11.6 Å². The molecule has 1 N–H and O–H groups in total. The van der Waals surface area contributed by atoms with Crippen molar-refractivity contribution in [3.05, 3.63) is 58.1 Å². The Labute approximate surface area is 212 Å². The molecule has 2 amide bonds. The van der Waals surface area contributed by atoms with E-state index in [0.29, 0.717) is 24.6 Å². The van der Waals surface area contributed by atoms with Gasteiger partial charge in [-0.25, -0.2) is 0 Å². The van der Waals surface area contributed by atoms with Crippen molar-refractivity contribution in [1.29, 1.82) is 0 Å². The van der Waals surface area contributed by atoms with Gasteiger partial charge in [-0.1, -0.05) is 45.9 Å². The smallest absolute Gasteiger partial charge is 0.261 e. The molecule has 0 aliphatic heterocycles. The first kappa shape index (κ1) is 27.7. The fraction of sp³-hybridized carbons (Fsp3) is 0.481. The molecule has 0 bridgehead atoms. The molecule has 0 aromatic heterocycles. The lowest BCUT2D eigenvalue weighted by molar-refractivity contribution is -0.143. The van der Waals surface area contributed by atoms with Crippen LogP contribution in [0.2, 0.25) is 0 Å². The number of carbonyl (C=O) groups is 2. The van der Waals surface area contributed by atoms with Crippen LogP contribution in [0.3, 0.4) is 0 Å². The predicted octanol–water partition coefficient (Wildman–Crippen LogP) is 5.68. The fourth-order valence-electron chi connectivity index (χ4n) is 3.50. The van der Waals surface area contributed by atoms with Crippen molar-refractivity contribution in [1.82, 2.24) is 10.2 Å². The van der Waals surface area contributed by atoms with Crippen LogP contribution < -0.4 is 14.8 Å². The van der Waals surface area contributed by atoms with Gasteiger partial charge in [0.25, 0.3) is 5.91 Å². The Morgan fingerprint density at radius 1 is 1.03 bits per heavy atom. The normalized spacial score (nSPS) is 12.7. The number of nitrogens with one attached hydrogen (secondary N) is 1.